The van der Waals surface area contributed by atoms with Crippen LogP contribution in [0.4, 0.5) is 10.1 Å². The van der Waals surface area contributed by atoms with E-state index in [1.54, 1.807) is 32.1 Å². The Morgan fingerprint density at radius 3 is 2.26 bits per heavy atom. The fraction of sp³-hybridized carbons (Fsp3) is 0.333. The van der Waals surface area contributed by atoms with Gasteiger partial charge in [0.05, 0.1) is 0 Å². The lowest BCUT2D eigenvalue weighted by atomic mass is 9.97. The van der Waals surface area contributed by atoms with Crippen LogP contribution in [0, 0.1) is 5.92 Å². The van der Waals surface area contributed by atoms with Crippen LogP contribution in [-0.4, -0.2) is 32.8 Å². The highest BCUT2D eigenvalue weighted by molar-refractivity contribution is 5.99. The van der Waals surface area contributed by atoms with Gasteiger partial charge in [0.1, 0.15) is 0 Å². The average Bonchev–Trinajstić information content (AvgIpc) is 2.52. The molecule has 0 heterocycles. The number of benzene rings is 1. The van der Waals surface area contributed by atoms with E-state index in [1.807, 2.05) is 31.1 Å². The van der Waals surface area contributed by atoms with Crippen molar-refractivity contribution in [3.8, 4) is 0 Å². The molecule has 0 radical (unpaired) electrons. The molecule has 0 aliphatic carbocycles. The second-order valence-corrected chi connectivity index (χ2v) is 5.58. The lowest BCUT2D eigenvalue weighted by Crippen LogP contribution is -2.18. The summed E-state index contributed by atoms with van der Waals surface area (Å²) in [4.78, 5) is 25.5. The molecule has 0 saturated carbocycles. The van der Waals surface area contributed by atoms with Gasteiger partial charge in [-0.2, -0.15) is 0 Å². The summed E-state index contributed by atoms with van der Waals surface area (Å²) in [6.07, 6.45) is 2.77. The molecule has 0 unspecified atom stereocenters. The van der Waals surface area contributed by atoms with Crippen LogP contribution >= 0.6 is 0 Å². The zero-order valence-electron chi connectivity index (χ0n) is 14.2. The van der Waals surface area contributed by atoms with Crippen molar-refractivity contribution in [2.75, 3.05) is 26.0 Å². The van der Waals surface area contributed by atoms with Crippen LogP contribution in [0.25, 0.3) is 0 Å². The number of hydrogen-bond acceptors (Lipinski definition) is 3. The molecule has 1 atom stereocenters. The van der Waals surface area contributed by atoms with Gasteiger partial charge in [-0.1, -0.05) is 18.6 Å². The van der Waals surface area contributed by atoms with Crippen LogP contribution in [0.1, 0.15) is 24.2 Å². The van der Waals surface area contributed by atoms with Crippen molar-refractivity contribution in [2.45, 2.75) is 13.8 Å². The highest BCUT2D eigenvalue weighted by Crippen LogP contribution is 2.17. The van der Waals surface area contributed by atoms with Crippen molar-refractivity contribution < 1.29 is 14.0 Å². The first-order valence-electron chi connectivity index (χ1n) is 7.35. The summed E-state index contributed by atoms with van der Waals surface area (Å²) in [6, 6.07) is 7.31. The molecular weight excluding hydrogens is 295 g/mol. The smallest absolute Gasteiger partial charge is 0.279 e. The summed E-state index contributed by atoms with van der Waals surface area (Å²) in [5.41, 5.74) is 2.14. The molecule has 4 nitrogen and oxygen atoms in total. The molecule has 0 spiro atoms. The number of carbonyl (C=O) groups excluding carboxylic acids is 2. The number of likely N-dealkylation sites (N-methyl/N-ethyl adjacent to an activating group) is 1. The van der Waals surface area contributed by atoms with E-state index in [1.165, 1.54) is 7.05 Å². The summed E-state index contributed by atoms with van der Waals surface area (Å²) >= 11 is 0. The van der Waals surface area contributed by atoms with E-state index in [0.717, 1.165) is 11.8 Å². The fourth-order valence-electron chi connectivity index (χ4n) is 2.09. The molecule has 1 aromatic rings. The van der Waals surface area contributed by atoms with Gasteiger partial charge in [0.15, 0.2) is 11.6 Å². The molecule has 1 N–H and O–H groups in total. The van der Waals surface area contributed by atoms with Gasteiger partial charge in [0.25, 0.3) is 5.91 Å². The Labute approximate surface area is 136 Å². The largest absolute Gasteiger partial charge is 0.378 e. The molecule has 0 saturated heterocycles. The Balaban J connectivity index is 2.87. The maximum absolute atomic E-state index is 13.5. The molecule has 1 aromatic carbocycles. The van der Waals surface area contributed by atoms with Crippen LogP contribution in [0.15, 0.2) is 47.8 Å². The second kappa shape index (κ2) is 8.27. The maximum Gasteiger partial charge on any atom is 0.279 e. The summed E-state index contributed by atoms with van der Waals surface area (Å²) < 4.78 is 13.5. The van der Waals surface area contributed by atoms with Crippen molar-refractivity contribution in [3.05, 3.63) is 53.4 Å². The normalized spacial score (nSPS) is 13.5. The molecule has 0 aliphatic rings. The van der Waals surface area contributed by atoms with E-state index < -0.39 is 17.7 Å². The van der Waals surface area contributed by atoms with Gasteiger partial charge in [-0.25, -0.2) is 4.39 Å². The minimum absolute atomic E-state index is 0.0524. The first kappa shape index (κ1) is 18.6. The van der Waals surface area contributed by atoms with Gasteiger partial charge in [-0.15, -0.1) is 0 Å². The number of Topliss-reactive ketones (excluding diaryl/α,β-unsaturated/α-hetero) is 1. The SMILES string of the molecule is CNC(=O)/C(F)=C\C(C)=C\[C@@H](C)C(=O)c1ccc(N(C)C)cc1. The Morgan fingerprint density at radius 2 is 1.78 bits per heavy atom. The van der Waals surface area contributed by atoms with Gasteiger partial charge >= 0.3 is 0 Å². The van der Waals surface area contributed by atoms with E-state index in [4.69, 9.17) is 0 Å². The Morgan fingerprint density at radius 1 is 1.22 bits per heavy atom. The van der Waals surface area contributed by atoms with Crippen LogP contribution < -0.4 is 10.2 Å². The molecule has 124 valence electrons. The summed E-state index contributed by atoms with van der Waals surface area (Å²) in [5.74, 6) is -2.12. The van der Waals surface area contributed by atoms with Crippen molar-refractivity contribution >= 4 is 17.4 Å². The van der Waals surface area contributed by atoms with Crippen molar-refractivity contribution in [1.82, 2.24) is 5.32 Å². The number of rotatable bonds is 6. The summed E-state index contributed by atoms with van der Waals surface area (Å²) in [6.45, 7) is 3.40. The van der Waals surface area contributed by atoms with E-state index in [2.05, 4.69) is 5.32 Å². The van der Waals surface area contributed by atoms with Crippen LogP contribution in [0.2, 0.25) is 0 Å². The number of nitrogens with one attached hydrogen (secondary N) is 1. The first-order valence-corrected chi connectivity index (χ1v) is 7.35. The number of hydrogen-bond donors (Lipinski definition) is 1. The van der Waals surface area contributed by atoms with Gasteiger partial charge in [0, 0.05) is 38.3 Å². The monoisotopic (exact) mass is 318 g/mol. The van der Waals surface area contributed by atoms with E-state index >= 15 is 0 Å². The topological polar surface area (TPSA) is 49.4 Å². The third-order valence-corrected chi connectivity index (χ3v) is 3.39. The van der Waals surface area contributed by atoms with E-state index in [0.29, 0.717) is 11.1 Å². The Kier molecular flexibility index (Phi) is 6.69. The molecule has 0 aromatic heterocycles. The van der Waals surface area contributed by atoms with Crippen molar-refractivity contribution in [2.24, 2.45) is 5.92 Å². The van der Waals surface area contributed by atoms with Crippen LogP contribution in [0.5, 0.6) is 0 Å². The molecule has 1 rings (SSSR count). The number of amides is 1. The van der Waals surface area contributed by atoms with Gasteiger partial charge in [-0.05, 0) is 37.3 Å². The molecule has 1 amide bonds. The molecule has 0 fully saturated rings. The van der Waals surface area contributed by atoms with Gasteiger partial charge in [0.2, 0.25) is 0 Å². The zero-order valence-corrected chi connectivity index (χ0v) is 14.2. The highest BCUT2D eigenvalue weighted by Gasteiger charge is 2.14. The average molecular weight is 318 g/mol. The van der Waals surface area contributed by atoms with Gasteiger partial charge < -0.3 is 10.2 Å². The third-order valence-electron chi connectivity index (χ3n) is 3.39. The Bertz CT molecular complexity index is 631. The zero-order chi connectivity index (χ0) is 17.6. The molecule has 23 heavy (non-hydrogen) atoms. The quantitative estimate of drug-likeness (QED) is 0.498. The summed E-state index contributed by atoms with van der Waals surface area (Å²) in [5, 5.41) is 2.21. The predicted octanol–water partition coefficient (Wildman–Crippen LogP) is 3.12. The van der Waals surface area contributed by atoms with Crippen molar-refractivity contribution in [1.29, 1.82) is 0 Å². The summed E-state index contributed by atoms with van der Waals surface area (Å²) in [7, 11) is 5.22. The number of ketones is 1. The lowest BCUT2D eigenvalue weighted by molar-refractivity contribution is -0.118. The highest BCUT2D eigenvalue weighted by atomic mass is 19.1. The molecule has 5 heteroatoms. The molecular formula is C18H23FN2O2. The lowest BCUT2D eigenvalue weighted by Gasteiger charge is -2.13. The maximum atomic E-state index is 13.5. The number of nitrogens with zero attached hydrogens (tertiary/aromatic N) is 1. The number of allylic oxidation sites excluding steroid dienone is 3. The van der Waals surface area contributed by atoms with Crippen molar-refractivity contribution in [3.63, 3.8) is 0 Å². The van der Waals surface area contributed by atoms with Crippen LogP contribution in [-0.2, 0) is 4.79 Å². The first-order chi connectivity index (χ1) is 10.8. The number of carbonyl (C=O) groups is 2. The fourth-order valence-corrected chi connectivity index (χ4v) is 2.09. The minimum atomic E-state index is -0.878. The molecule has 0 bridgehead atoms. The standard InChI is InChI=1S/C18H23FN2O2/c1-12(11-16(19)18(23)20-3)10-13(2)17(22)14-6-8-15(9-7-14)21(4)5/h6-11,13H,1-5H3,(H,20,23)/b12-10+,16-11+/t13-/m1/s1. The van der Waals surface area contributed by atoms with E-state index in [-0.39, 0.29) is 5.78 Å². The predicted molar refractivity (Wildman–Crippen MR) is 91.3 cm³/mol. The number of anilines is 1. The van der Waals surface area contributed by atoms with E-state index in [9.17, 15) is 14.0 Å². The van der Waals surface area contributed by atoms with Gasteiger partial charge in [-0.3, -0.25) is 9.59 Å². The second-order valence-electron chi connectivity index (χ2n) is 5.58. The Hall–Kier alpha value is -2.43. The molecule has 0 aliphatic heterocycles. The van der Waals surface area contributed by atoms with Crippen LogP contribution in [0.3, 0.4) is 0 Å². The third kappa shape index (κ3) is 5.36. The number of halogens is 1. The minimum Gasteiger partial charge on any atom is -0.378 e.